The molecule has 0 aliphatic heterocycles. The van der Waals surface area contributed by atoms with Gasteiger partial charge < -0.3 is 5.32 Å². The van der Waals surface area contributed by atoms with E-state index in [1.165, 1.54) is 0 Å². The zero-order chi connectivity index (χ0) is 14.6. The van der Waals surface area contributed by atoms with Crippen molar-refractivity contribution in [2.45, 2.75) is 59.3 Å². The summed E-state index contributed by atoms with van der Waals surface area (Å²) in [4.78, 5) is 0. The minimum atomic E-state index is -4.24. The molecule has 0 amide bonds. The van der Waals surface area contributed by atoms with Gasteiger partial charge in [0, 0.05) is 17.3 Å². The first-order chi connectivity index (χ1) is 8.84. The second-order valence-corrected chi connectivity index (χ2v) is 4.57. The highest BCUT2D eigenvalue weighted by atomic mass is 19.4. The molecule has 0 aliphatic rings. The average Bonchev–Trinajstić information content (AvgIpc) is 2.64. The summed E-state index contributed by atoms with van der Waals surface area (Å²) >= 11 is 0. The lowest BCUT2D eigenvalue weighted by Crippen LogP contribution is -2.22. The first-order valence-corrected chi connectivity index (χ1v) is 6.72. The van der Waals surface area contributed by atoms with Crippen molar-refractivity contribution in [2.75, 3.05) is 6.54 Å². The van der Waals surface area contributed by atoms with Crippen molar-refractivity contribution in [1.82, 2.24) is 15.1 Å². The van der Waals surface area contributed by atoms with Crippen molar-refractivity contribution in [3.63, 3.8) is 0 Å². The van der Waals surface area contributed by atoms with Gasteiger partial charge in [-0.2, -0.15) is 18.3 Å². The molecule has 0 spiro atoms. The van der Waals surface area contributed by atoms with E-state index < -0.39 is 12.7 Å². The van der Waals surface area contributed by atoms with Crippen LogP contribution in [0.1, 0.15) is 50.7 Å². The third kappa shape index (κ3) is 3.96. The molecule has 6 heteroatoms. The van der Waals surface area contributed by atoms with E-state index in [2.05, 4.69) is 10.4 Å². The maximum Gasteiger partial charge on any atom is 0.408 e. The summed E-state index contributed by atoms with van der Waals surface area (Å²) < 4.78 is 38.8. The normalized spacial score (nSPS) is 13.8. The molecule has 19 heavy (non-hydrogen) atoms. The number of halogens is 3. The average molecular weight is 277 g/mol. The lowest BCUT2D eigenvalue weighted by atomic mass is 10.0. The van der Waals surface area contributed by atoms with Crippen LogP contribution in [0.3, 0.4) is 0 Å². The van der Waals surface area contributed by atoms with Crippen molar-refractivity contribution in [3.05, 3.63) is 17.0 Å². The highest BCUT2D eigenvalue weighted by molar-refractivity contribution is 5.30. The molecule has 1 aromatic rings. The summed E-state index contributed by atoms with van der Waals surface area (Å²) in [6.07, 6.45) is -3.04. The van der Waals surface area contributed by atoms with E-state index in [-0.39, 0.29) is 6.04 Å². The summed E-state index contributed by atoms with van der Waals surface area (Å²) in [7, 11) is 0. The molecule has 1 rings (SSSR count). The predicted octanol–water partition coefficient (Wildman–Crippen LogP) is 3.24. The summed E-state index contributed by atoms with van der Waals surface area (Å²) in [5, 5.41) is 7.40. The minimum Gasteiger partial charge on any atom is -0.310 e. The van der Waals surface area contributed by atoms with Gasteiger partial charge in [-0.3, -0.25) is 4.68 Å². The van der Waals surface area contributed by atoms with Crippen LogP contribution in [0.15, 0.2) is 0 Å². The Morgan fingerprint density at radius 1 is 1.21 bits per heavy atom. The van der Waals surface area contributed by atoms with Crippen LogP contribution >= 0.6 is 0 Å². The van der Waals surface area contributed by atoms with E-state index in [9.17, 15) is 13.2 Å². The Morgan fingerprint density at radius 3 is 2.26 bits per heavy atom. The van der Waals surface area contributed by atoms with Crippen molar-refractivity contribution in [2.24, 2.45) is 0 Å². The van der Waals surface area contributed by atoms with Gasteiger partial charge in [-0.25, -0.2) is 0 Å². The van der Waals surface area contributed by atoms with E-state index in [1.54, 1.807) is 0 Å². The quantitative estimate of drug-likeness (QED) is 0.865. The molecule has 0 radical (unpaired) electrons. The summed E-state index contributed by atoms with van der Waals surface area (Å²) in [5.41, 5.74) is 2.37. The van der Waals surface area contributed by atoms with Crippen LogP contribution in [0.2, 0.25) is 0 Å². The number of nitrogens with one attached hydrogen (secondary N) is 1. The van der Waals surface area contributed by atoms with Gasteiger partial charge >= 0.3 is 6.18 Å². The zero-order valence-corrected chi connectivity index (χ0v) is 11.9. The zero-order valence-electron chi connectivity index (χ0n) is 11.9. The first-order valence-electron chi connectivity index (χ1n) is 6.72. The molecule has 1 unspecified atom stereocenters. The fourth-order valence-corrected chi connectivity index (χ4v) is 2.41. The van der Waals surface area contributed by atoms with Crippen molar-refractivity contribution in [3.8, 4) is 0 Å². The monoisotopic (exact) mass is 277 g/mol. The summed E-state index contributed by atoms with van der Waals surface area (Å²) in [6.45, 7) is 7.50. The van der Waals surface area contributed by atoms with Crippen LogP contribution in [-0.4, -0.2) is 22.5 Å². The Kier molecular flexibility index (Phi) is 5.40. The molecule has 1 atom stereocenters. The Hall–Kier alpha value is -1.04. The van der Waals surface area contributed by atoms with Crippen molar-refractivity contribution >= 4 is 0 Å². The number of nitrogens with zero attached hydrogens (tertiary/aromatic N) is 2. The molecule has 0 aromatic carbocycles. The van der Waals surface area contributed by atoms with Gasteiger partial charge in [0.1, 0.15) is 6.54 Å². The van der Waals surface area contributed by atoms with Gasteiger partial charge in [0.15, 0.2) is 0 Å². The smallest absolute Gasteiger partial charge is 0.310 e. The standard InChI is InChI=1S/C13H22F3N3/c1-5-10-12(9(4)17-7-3)11(6-2)19(18-10)8-13(14,15)16/h9,17H,5-8H2,1-4H3. The highest BCUT2D eigenvalue weighted by Crippen LogP contribution is 2.26. The van der Waals surface area contributed by atoms with E-state index in [1.807, 2.05) is 27.7 Å². The number of alkyl halides is 3. The lowest BCUT2D eigenvalue weighted by molar-refractivity contribution is -0.143. The number of aryl methyl sites for hydroxylation is 1. The van der Waals surface area contributed by atoms with Gasteiger partial charge in [-0.1, -0.05) is 20.8 Å². The molecule has 0 aliphatic carbocycles. The van der Waals surface area contributed by atoms with Crippen LogP contribution in [0.4, 0.5) is 13.2 Å². The van der Waals surface area contributed by atoms with Crippen molar-refractivity contribution in [1.29, 1.82) is 0 Å². The number of hydrogen-bond acceptors (Lipinski definition) is 2. The second-order valence-electron chi connectivity index (χ2n) is 4.57. The maximum absolute atomic E-state index is 12.6. The molecule has 0 fully saturated rings. The van der Waals surface area contributed by atoms with E-state index in [4.69, 9.17) is 0 Å². The Bertz CT molecular complexity index is 410. The molecule has 110 valence electrons. The Labute approximate surface area is 112 Å². The van der Waals surface area contributed by atoms with E-state index in [0.29, 0.717) is 18.5 Å². The molecular weight excluding hydrogens is 255 g/mol. The lowest BCUT2D eigenvalue weighted by Gasteiger charge is -2.15. The van der Waals surface area contributed by atoms with Crippen LogP contribution in [0, 0.1) is 0 Å². The maximum atomic E-state index is 12.6. The van der Waals surface area contributed by atoms with Crippen LogP contribution in [0.5, 0.6) is 0 Å². The van der Waals surface area contributed by atoms with Gasteiger partial charge in [0.25, 0.3) is 0 Å². The topological polar surface area (TPSA) is 29.9 Å². The predicted molar refractivity (Wildman–Crippen MR) is 69.1 cm³/mol. The van der Waals surface area contributed by atoms with E-state index >= 15 is 0 Å². The van der Waals surface area contributed by atoms with Crippen LogP contribution in [0.25, 0.3) is 0 Å². The molecule has 0 saturated carbocycles. The van der Waals surface area contributed by atoms with Crippen LogP contribution < -0.4 is 5.32 Å². The first kappa shape index (κ1) is 16.0. The third-order valence-electron chi connectivity index (χ3n) is 3.12. The summed E-state index contributed by atoms with van der Waals surface area (Å²) in [5.74, 6) is 0. The minimum absolute atomic E-state index is 0.0249. The molecule has 3 nitrogen and oxygen atoms in total. The molecule has 0 bridgehead atoms. The van der Waals surface area contributed by atoms with Gasteiger partial charge in [0.2, 0.25) is 0 Å². The molecular formula is C13H22F3N3. The van der Waals surface area contributed by atoms with E-state index in [0.717, 1.165) is 22.5 Å². The number of hydrogen-bond donors (Lipinski definition) is 1. The molecule has 0 saturated heterocycles. The number of rotatable bonds is 6. The Morgan fingerprint density at radius 2 is 1.84 bits per heavy atom. The van der Waals surface area contributed by atoms with Gasteiger partial charge in [-0.05, 0) is 26.3 Å². The Balaban J connectivity index is 3.20. The molecule has 1 heterocycles. The third-order valence-corrected chi connectivity index (χ3v) is 3.12. The second kappa shape index (κ2) is 6.41. The largest absolute Gasteiger partial charge is 0.408 e. The van der Waals surface area contributed by atoms with Gasteiger partial charge in [-0.15, -0.1) is 0 Å². The molecule has 1 N–H and O–H groups in total. The SMILES string of the molecule is CCNC(C)c1c(CC)nn(CC(F)(F)F)c1CC. The fraction of sp³-hybridized carbons (Fsp3) is 0.769. The molecule has 1 aromatic heterocycles. The highest BCUT2D eigenvalue weighted by Gasteiger charge is 2.31. The van der Waals surface area contributed by atoms with Crippen LogP contribution in [-0.2, 0) is 19.4 Å². The summed E-state index contributed by atoms with van der Waals surface area (Å²) in [6, 6.07) is 0.0249. The van der Waals surface area contributed by atoms with Gasteiger partial charge in [0.05, 0.1) is 5.69 Å². The fourth-order valence-electron chi connectivity index (χ4n) is 2.41. The number of aromatic nitrogens is 2. The van der Waals surface area contributed by atoms with Crippen molar-refractivity contribution < 1.29 is 13.2 Å².